The van der Waals surface area contributed by atoms with E-state index in [0.717, 1.165) is 11.1 Å². The number of carbonyl (C=O) groups is 1. The number of nitrogens with zero attached hydrogens (tertiary/aromatic N) is 2. The zero-order valence-electron chi connectivity index (χ0n) is 18.5. The van der Waals surface area contributed by atoms with Gasteiger partial charge in [-0.15, -0.1) is 0 Å². The molecular weight excluding hydrogens is 426 g/mol. The molecule has 33 heavy (non-hydrogen) atoms. The first-order valence-electron chi connectivity index (χ1n) is 10.7. The van der Waals surface area contributed by atoms with E-state index in [0.29, 0.717) is 18.1 Å². The summed E-state index contributed by atoms with van der Waals surface area (Å²) >= 11 is 0. The molecule has 172 valence electrons. The fourth-order valence-corrected chi connectivity index (χ4v) is 3.79. The number of allylic oxidation sites excluding steroid dienone is 1. The number of ether oxygens (including phenoxy) is 1. The Morgan fingerprint density at radius 1 is 1.24 bits per heavy atom. The van der Waals surface area contributed by atoms with Crippen molar-refractivity contribution in [2.45, 2.75) is 39.5 Å². The molecule has 3 aromatic rings. The average Bonchev–Trinajstić information content (AvgIpc) is 3.21. The molecule has 2 atom stereocenters. The number of carbonyl (C=O) groups excluding carboxylic acids is 1. The van der Waals surface area contributed by atoms with Gasteiger partial charge in [-0.1, -0.05) is 61.5 Å². The monoisotopic (exact) mass is 452 g/mol. The number of anilines is 1. The molecule has 2 heterocycles. The Morgan fingerprint density at radius 3 is 2.70 bits per heavy atom. The molecule has 4 rings (SSSR count). The first-order chi connectivity index (χ1) is 15.8. The summed E-state index contributed by atoms with van der Waals surface area (Å²) in [6, 6.07) is 14.3. The lowest BCUT2D eigenvalue weighted by atomic mass is 9.97. The number of para-hydroxylation sites is 1. The van der Waals surface area contributed by atoms with Crippen LogP contribution in [0, 0.1) is 12.8 Å². The van der Waals surface area contributed by atoms with Crippen molar-refractivity contribution < 1.29 is 18.3 Å². The molecular formula is C25H26F2N4O2. The van der Waals surface area contributed by atoms with E-state index < -0.39 is 24.3 Å². The van der Waals surface area contributed by atoms with Crippen LogP contribution in [0.4, 0.5) is 14.6 Å². The number of fused-ring (bicyclic) bond motifs is 1. The van der Waals surface area contributed by atoms with Crippen molar-refractivity contribution >= 4 is 11.7 Å². The molecule has 0 saturated heterocycles. The maximum Gasteiger partial charge on any atom is 0.261 e. The number of halogens is 2. The quantitative estimate of drug-likeness (QED) is 0.525. The number of rotatable bonds is 7. The van der Waals surface area contributed by atoms with Crippen LogP contribution in [0.15, 0.2) is 67.0 Å². The molecule has 2 aromatic carbocycles. The molecule has 0 bridgehead atoms. The molecule has 2 unspecified atom stereocenters. The minimum absolute atomic E-state index is 0.187. The minimum Gasteiger partial charge on any atom is -0.489 e. The topological polar surface area (TPSA) is 68.2 Å². The SMILES string of the molecule is C=C1Nc2c(C(=O)NCc3ccccc3OCc3ccc(C)cc3)cnn2C(C(F)F)C1C. The first kappa shape index (κ1) is 22.5. The lowest BCUT2D eigenvalue weighted by Gasteiger charge is -2.32. The van der Waals surface area contributed by atoms with Gasteiger partial charge in [-0.25, -0.2) is 13.5 Å². The average molecular weight is 453 g/mol. The molecule has 1 aliphatic heterocycles. The van der Waals surface area contributed by atoms with Crippen LogP contribution >= 0.6 is 0 Å². The number of amides is 1. The molecule has 1 amide bonds. The van der Waals surface area contributed by atoms with Gasteiger partial charge >= 0.3 is 0 Å². The third-order valence-electron chi connectivity index (χ3n) is 5.85. The summed E-state index contributed by atoms with van der Waals surface area (Å²) in [6.45, 7) is 8.13. The van der Waals surface area contributed by atoms with E-state index >= 15 is 0 Å². The van der Waals surface area contributed by atoms with Crippen molar-refractivity contribution in [1.82, 2.24) is 15.1 Å². The number of aryl methyl sites for hydroxylation is 1. The van der Waals surface area contributed by atoms with Crippen LogP contribution < -0.4 is 15.4 Å². The lowest BCUT2D eigenvalue weighted by Crippen LogP contribution is -2.34. The Hall–Kier alpha value is -3.68. The van der Waals surface area contributed by atoms with E-state index in [9.17, 15) is 13.6 Å². The summed E-state index contributed by atoms with van der Waals surface area (Å²) in [7, 11) is 0. The van der Waals surface area contributed by atoms with Gasteiger partial charge in [0.25, 0.3) is 12.3 Å². The Kier molecular flexibility index (Phi) is 6.44. The summed E-state index contributed by atoms with van der Waals surface area (Å²) in [4.78, 5) is 12.9. The van der Waals surface area contributed by atoms with Crippen molar-refractivity contribution in [2.24, 2.45) is 5.92 Å². The van der Waals surface area contributed by atoms with Gasteiger partial charge in [0, 0.05) is 23.7 Å². The van der Waals surface area contributed by atoms with Crippen LogP contribution in [0.5, 0.6) is 5.75 Å². The second-order valence-corrected chi connectivity index (χ2v) is 8.18. The van der Waals surface area contributed by atoms with Gasteiger partial charge in [0.15, 0.2) is 0 Å². The van der Waals surface area contributed by atoms with E-state index in [2.05, 4.69) is 22.3 Å². The van der Waals surface area contributed by atoms with E-state index in [1.54, 1.807) is 6.92 Å². The Morgan fingerprint density at radius 2 is 1.97 bits per heavy atom. The smallest absolute Gasteiger partial charge is 0.261 e. The molecule has 6 nitrogen and oxygen atoms in total. The summed E-state index contributed by atoms with van der Waals surface area (Å²) in [5.41, 5.74) is 3.64. The third-order valence-corrected chi connectivity index (χ3v) is 5.85. The summed E-state index contributed by atoms with van der Waals surface area (Å²) in [5.74, 6) is -0.0587. The van der Waals surface area contributed by atoms with Crippen LogP contribution in [0.2, 0.25) is 0 Å². The third kappa shape index (κ3) is 4.74. The van der Waals surface area contributed by atoms with Crippen LogP contribution in [-0.2, 0) is 13.2 Å². The number of benzene rings is 2. The highest BCUT2D eigenvalue weighted by Crippen LogP contribution is 2.38. The highest BCUT2D eigenvalue weighted by atomic mass is 19.3. The standard InChI is InChI=1S/C25H26F2N4O2/c1-15-8-10-18(11-9-15)14-33-21-7-5-4-6-19(21)12-28-25(32)20-13-29-31-22(23(26)27)16(2)17(3)30-24(20)31/h4-11,13,16,22-23,30H,3,12,14H2,1-2H3,(H,28,32). The number of alkyl halides is 2. The predicted octanol–water partition coefficient (Wildman–Crippen LogP) is 5.08. The maximum atomic E-state index is 13.6. The van der Waals surface area contributed by atoms with Gasteiger partial charge in [-0.3, -0.25) is 4.79 Å². The van der Waals surface area contributed by atoms with Crippen molar-refractivity contribution in [2.75, 3.05) is 5.32 Å². The summed E-state index contributed by atoms with van der Waals surface area (Å²) in [6.07, 6.45) is -1.33. The summed E-state index contributed by atoms with van der Waals surface area (Å²) in [5, 5.41) is 9.86. The molecule has 1 aliphatic rings. The predicted molar refractivity (Wildman–Crippen MR) is 122 cm³/mol. The second-order valence-electron chi connectivity index (χ2n) is 8.18. The number of hydrogen-bond donors (Lipinski definition) is 2. The number of aromatic nitrogens is 2. The number of nitrogens with one attached hydrogen (secondary N) is 2. The van der Waals surface area contributed by atoms with Crippen LogP contribution in [0.1, 0.15) is 40.0 Å². The van der Waals surface area contributed by atoms with Gasteiger partial charge in [-0.05, 0) is 18.6 Å². The fourth-order valence-electron chi connectivity index (χ4n) is 3.79. The summed E-state index contributed by atoms with van der Waals surface area (Å²) < 4.78 is 34.4. The highest BCUT2D eigenvalue weighted by molar-refractivity contribution is 5.99. The Labute approximate surface area is 191 Å². The second kappa shape index (κ2) is 9.44. The largest absolute Gasteiger partial charge is 0.489 e. The van der Waals surface area contributed by atoms with Crippen LogP contribution in [0.25, 0.3) is 0 Å². The zero-order chi connectivity index (χ0) is 23.5. The van der Waals surface area contributed by atoms with Gasteiger partial charge in [0.2, 0.25) is 0 Å². The van der Waals surface area contributed by atoms with Crippen molar-refractivity contribution in [3.63, 3.8) is 0 Å². The zero-order valence-corrected chi connectivity index (χ0v) is 18.5. The van der Waals surface area contributed by atoms with Crippen molar-refractivity contribution in [3.8, 4) is 5.75 Å². The van der Waals surface area contributed by atoms with Gasteiger partial charge in [-0.2, -0.15) is 5.10 Å². The maximum absolute atomic E-state index is 13.6. The number of hydrogen-bond acceptors (Lipinski definition) is 4. The van der Waals surface area contributed by atoms with Crippen LogP contribution in [-0.4, -0.2) is 22.1 Å². The van der Waals surface area contributed by atoms with Gasteiger partial charge in [0.1, 0.15) is 29.8 Å². The first-order valence-corrected chi connectivity index (χ1v) is 10.7. The van der Waals surface area contributed by atoms with Crippen molar-refractivity contribution in [3.05, 3.63) is 89.3 Å². The Bertz CT molecular complexity index is 1160. The van der Waals surface area contributed by atoms with E-state index in [1.165, 1.54) is 16.4 Å². The molecule has 0 radical (unpaired) electrons. The molecule has 8 heteroatoms. The Balaban J connectivity index is 1.46. The minimum atomic E-state index is -2.63. The molecule has 0 fully saturated rings. The van der Waals surface area contributed by atoms with E-state index in [-0.39, 0.29) is 17.9 Å². The van der Waals surface area contributed by atoms with E-state index in [4.69, 9.17) is 4.74 Å². The van der Waals surface area contributed by atoms with Gasteiger partial charge in [0.05, 0.1) is 6.20 Å². The molecule has 0 spiro atoms. The lowest BCUT2D eigenvalue weighted by molar-refractivity contribution is 0.0542. The molecule has 0 aliphatic carbocycles. The molecule has 2 N–H and O–H groups in total. The molecule has 1 aromatic heterocycles. The van der Waals surface area contributed by atoms with Crippen LogP contribution in [0.3, 0.4) is 0 Å². The molecule has 0 saturated carbocycles. The van der Waals surface area contributed by atoms with Crippen molar-refractivity contribution in [1.29, 1.82) is 0 Å². The fraction of sp³-hybridized carbons (Fsp3) is 0.280. The van der Waals surface area contributed by atoms with E-state index in [1.807, 2.05) is 55.5 Å². The van der Waals surface area contributed by atoms with Gasteiger partial charge < -0.3 is 15.4 Å². The normalized spacial score (nSPS) is 17.4. The highest BCUT2D eigenvalue weighted by Gasteiger charge is 2.38.